The second-order valence-corrected chi connectivity index (χ2v) is 7.85. The van der Waals surface area contributed by atoms with Crippen molar-refractivity contribution in [1.82, 2.24) is 0 Å². The minimum Gasteiger partial charge on any atom is -0.371 e. The number of fused-ring (bicyclic) bond motifs is 2. The fourth-order valence-corrected chi connectivity index (χ4v) is 4.49. The van der Waals surface area contributed by atoms with E-state index >= 15 is 0 Å². The van der Waals surface area contributed by atoms with E-state index < -0.39 is 0 Å². The minimum atomic E-state index is 0.993. The molecule has 0 radical (unpaired) electrons. The molecule has 0 aromatic heterocycles. The van der Waals surface area contributed by atoms with Crippen LogP contribution in [0.15, 0.2) is 70.7 Å². The van der Waals surface area contributed by atoms with Crippen LogP contribution in [-0.4, -0.2) is 20.1 Å². The van der Waals surface area contributed by atoms with Crippen molar-refractivity contribution in [2.45, 2.75) is 25.7 Å². The average Bonchev–Trinajstić information content (AvgIpc) is 3.30. The summed E-state index contributed by atoms with van der Waals surface area (Å²) in [6.45, 7) is 2.32. The Morgan fingerprint density at radius 2 is 1.79 bits per heavy atom. The molecule has 0 unspecified atom stereocenters. The van der Waals surface area contributed by atoms with Crippen LogP contribution < -0.4 is 9.80 Å². The maximum absolute atomic E-state index is 4.61. The summed E-state index contributed by atoms with van der Waals surface area (Å²) in [4.78, 5) is 4.67. The van der Waals surface area contributed by atoms with Gasteiger partial charge in [-0.05, 0) is 61.1 Å². The molecule has 5 rings (SSSR count). The largest absolute Gasteiger partial charge is 0.371 e. The zero-order valence-electron chi connectivity index (χ0n) is 16.9. The molecule has 0 spiro atoms. The lowest BCUT2D eigenvalue weighted by atomic mass is 9.94. The molecule has 4 nitrogen and oxygen atoms in total. The minimum absolute atomic E-state index is 0.993. The molecule has 2 aromatic rings. The van der Waals surface area contributed by atoms with Crippen LogP contribution >= 0.6 is 0 Å². The Morgan fingerprint density at radius 1 is 0.931 bits per heavy atom. The molecule has 1 saturated heterocycles. The molecule has 0 atom stereocenters. The summed E-state index contributed by atoms with van der Waals surface area (Å²) >= 11 is 0. The summed E-state index contributed by atoms with van der Waals surface area (Å²) in [5.41, 5.74) is 8.47. The van der Waals surface area contributed by atoms with Gasteiger partial charge >= 0.3 is 0 Å². The number of likely N-dealkylation sites (N-methyl/N-ethyl adjacent to an activating group) is 1. The molecule has 0 amide bonds. The van der Waals surface area contributed by atoms with E-state index in [0.717, 1.165) is 37.3 Å². The molecule has 4 heteroatoms. The molecule has 0 bridgehead atoms. The van der Waals surface area contributed by atoms with Crippen molar-refractivity contribution in [3.8, 4) is 0 Å². The second-order valence-electron chi connectivity index (χ2n) is 7.85. The molecule has 0 saturated carbocycles. The lowest BCUT2D eigenvalue weighted by molar-refractivity contribution is 0.939. The molecule has 146 valence electrons. The van der Waals surface area contributed by atoms with Gasteiger partial charge in [0.15, 0.2) is 0 Å². The predicted octanol–water partition coefficient (Wildman–Crippen LogP) is 6.33. The average molecular weight is 383 g/mol. The van der Waals surface area contributed by atoms with E-state index in [-0.39, 0.29) is 0 Å². The van der Waals surface area contributed by atoms with Crippen LogP contribution in [-0.2, 0) is 6.42 Å². The van der Waals surface area contributed by atoms with E-state index in [1.807, 2.05) is 6.20 Å². The predicted molar refractivity (Wildman–Crippen MR) is 122 cm³/mol. The van der Waals surface area contributed by atoms with Gasteiger partial charge in [-0.2, -0.15) is 10.2 Å². The van der Waals surface area contributed by atoms with Gasteiger partial charge in [0, 0.05) is 37.1 Å². The van der Waals surface area contributed by atoms with Crippen LogP contribution in [0.4, 0.5) is 17.1 Å². The van der Waals surface area contributed by atoms with E-state index in [2.05, 4.69) is 87.8 Å². The molecule has 3 aliphatic rings. The molecular weight excluding hydrogens is 356 g/mol. The second kappa shape index (κ2) is 7.70. The summed E-state index contributed by atoms with van der Waals surface area (Å²) in [6.07, 6.45) is 15.3. The third-order valence-electron chi connectivity index (χ3n) is 6.08. The van der Waals surface area contributed by atoms with Crippen LogP contribution in [0.2, 0.25) is 0 Å². The summed E-state index contributed by atoms with van der Waals surface area (Å²) in [5, 5.41) is 9.06. The van der Waals surface area contributed by atoms with Crippen molar-refractivity contribution in [3.63, 3.8) is 0 Å². The van der Waals surface area contributed by atoms with E-state index in [9.17, 15) is 0 Å². The standard InChI is InChI=1S/C25H26N4/c1-28-20(13-12-19-8-2-5-11-24(19)28)18-26-27-23-14-15-25(29-16-6-7-17-29)22-10-4-3-9-21(22)23/h2,4-5,8,10-15,18H,3,6-7,9,16-17H2,1H3/b20-18+,27-26+. The maximum atomic E-state index is 4.61. The Labute approximate surface area is 172 Å². The third-order valence-corrected chi connectivity index (χ3v) is 6.08. The Bertz CT molecular complexity index is 1040. The first-order valence-electron chi connectivity index (χ1n) is 10.5. The SMILES string of the molecule is CN1/C(=C/N=N/c2ccc(N3CCCC3)c3c2CCC=C3)C=Cc2ccccc21. The number of allylic oxidation sites excluding steroid dienone is 2. The highest BCUT2D eigenvalue weighted by Gasteiger charge is 2.20. The van der Waals surface area contributed by atoms with Crippen molar-refractivity contribution in [2.24, 2.45) is 10.2 Å². The van der Waals surface area contributed by atoms with Gasteiger partial charge in [0.05, 0.1) is 17.6 Å². The van der Waals surface area contributed by atoms with Gasteiger partial charge in [-0.25, -0.2) is 0 Å². The fraction of sp³-hybridized carbons (Fsp3) is 0.280. The lowest BCUT2D eigenvalue weighted by Gasteiger charge is -2.25. The number of hydrogen-bond donors (Lipinski definition) is 0. The normalized spacial score (nSPS) is 19.3. The Hall–Kier alpha value is -3.14. The lowest BCUT2D eigenvalue weighted by Crippen LogP contribution is -2.19. The molecule has 29 heavy (non-hydrogen) atoms. The molecule has 2 aromatic carbocycles. The van der Waals surface area contributed by atoms with Crippen molar-refractivity contribution in [2.75, 3.05) is 29.9 Å². The van der Waals surface area contributed by atoms with Gasteiger partial charge < -0.3 is 9.80 Å². The summed E-state index contributed by atoms with van der Waals surface area (Å²) < 4.78 is 0. The Morgan fingerprint density at radius 3 is 2.69 bits per heavy atom. The Balaban J connectivity index is 1.43. The smallest absolute Gasteiger partial charge is 0.0896 e. The topological polar surface area (TPSA) is 31.2 Å². The van der Waals surface area contributed by atoms with Gasteiger partial charge in [-0.3, -0.25) is 0 Å². The quantitative estimate of drug-likeness (QED) is 0.580. The van der Waals surface area contributed by atoms with Gasteiger partial charge in [0.25, 0.3) is 0 Å². The zero-order valence-corrected chi connectivity index (χ0v) is 16.9. The van der Waals surface area contributed by atoms with Crippen molar-refractivity contribution >= 4 is 29.2 Å². The number of para-hydroxylation sites is 1. The highest BCUT2D eigenvalue weighted by Crippen LogP contribution is 2.37. The number of hydrogen-bond acceptors (Lipinski definition) is 4. The zero-order chi connectivity index (χ0) is 19.6. The molecule has 2 heterocycles. The van der Waals surface area contributed by atoms with Gasteiger partial charge in [0.2, 0.25) is 0 Å². The monoisotopic (exact) mass is 382 g/mol. The highest BCUT2D eigenvalue weighted by atomic mass is 15.2. The number of benzene rings is 2. The van der Waals surface area contributed by atoms with Crippen LogP contribution in [0.25, 0.3) is 12.2 Å². The molecule has 2 aliphatic heterocycles. The first-order chi connectivity index (χ1) is 14.3. The number of azo groups is 1. The van der Waals surface area contributed by atoms with E-state index in [1.54, 1.807) is 0 Å². The number of rotatable bonds is 3. The van der Waals surface area contributed by atoms with Crippen molar-refractivity contribution < 1.29 is 0 Å². The van der Waals surface area contributed by atoms with Crippen molar-refractivity contribution in [3.05, 3.63) is 77.1 Å². The first kappa shape index (κ1) is 17.9. The van der Waals surface area contributed by atoms with Gasteiger partial charge in [-0.1, -0.05) is 36.4 Å². The molecule has 1 fully saturated rings. The van der Waals surface area contributed by atoms with E-state index in [4.69, 9.17) is 0 Å². The number of nitrogens with zero attached hydrogens (tertiary/aromatic N) is 4. The summed E-state index contributed by atoms with van der Waals surface area (Å²) in [5.74, 6) is 0. The number of anilines is 2. The van der Waals surface area contributed by atoms with Crippen LogP contribution in [0.1, 0.15) is 36.0 Å². The molecular formula is C25H26N4. The fourth-order valence-electron chi connectivity index (χ4n) is 4.49. The summed E-state index contributed by atoms with van der Waals surface area (Å²) in [7, 11) is 2.07. The molecule has 1 aliphatic carbocycles. The first-order valence-corrected chi connectivity index (χ1v) is 10.5. The highest BCUT2D eigenvalue weighted by molar-refractivity contribution is 5.77. The molecule has 0 N–H and O–H groups in total. The van der Waals surface area contributed by atoms with Crippen LogP contribution in [0, 0.1) is 0 Å². The van der Waals surface area contributed by atoms with E-state index in [1.165, 1.54) is 40.9 Å². The van der Waals surface area contributed by atoms with Gasteiger partial charge in [-0.15, -0.1) is 0 Å². The van der Waals surface area contributed by atoms with Gasteiger partial charge in [0.1, 0.15) is 0 Å². The Kier molecular flexibility index (Phi) is 4.76. The van der Waals surface area contributed by atoms with Crippen LogP contribution in [0.5, 0.6) is 0 Å². The summed E-state index contributed by atoms with van der Waals surface area (Å²) in [6, 6.07) is 12.8. The van der Waals surface area contributed by atoms with Crippen LogP contribution in [0.3, 0.4) is 0 Å². The maximum Gasteiger partial charge on any atom is 0.0896 e. The van der Waals surface area contributed by atoms with Crippen molar-refractivity contribution in [1.29, 1.82) is 0 Å². The third kappa shape index (κ3) is 3.39. The van der Waals surface area contributed by atoms with E-state index in [0.29, 0.717) is 0 Å².